The Hall–Kier alpha value is -0.720. The fourth-order valence-electron chi connectivity index (χ4n) is 1.41. The number of thiocarbonyl (C=S) groups is 1. The quantitative estimate of drug-likeness (QED) is 0.672. The zero-order valence-corrected chi connectivity index (χ0v) is 11.7. The average Bonchev–Trinajstić information content (AvgIpc) is 2.74. The van der Waals surface area contributed by atoms with Gasteiger partial charge in [0.2, 0.25) is 0 Å². The summed E-state index contributed by atoms with van der Waals surface area (Å²) >= 11 is 10.0. The van der Waals surface area contributed by atoms with Crippen molar-refractivity contribution in [1.82, 2.24) is 10.2 Å². The molecule has 0 aromatic carbocycles. The highest BCUT2D eigenvalue weighted by Crippen LogP contribution is 2.23. The smallest absolute Gasteiger partial charge is 0.276 e. The predicted molar refractivity (Wildman–Crippen MR) is 73.1 cm³/mol. The lowest BCUT2D eigenvalue weighted by atomic mass is 10.3. The van der Waals surface area contributed by atoms with Gasteiger partial charge < -0.3 is 5.32 Å². The van der Waals surface area contributed by atoms with E-state index in [1.165, 1.54) is 0 Å². The topological polar surface area (TPSA) is 32.3 Å². The SMILES string of the molecule is CCN1C(=O)/C(=C\c2cc(Br)cs2)NC1=S. The minimum atomic E-state index is -0.0583. The molecule has 3 nitrogen and oxygen atoms in total. The van der Waals surface area contributed by atoms with Crippen LogP contribution in [0.1, 0.15) is 11.8 Å². The summed E-state index contributed by atoms with van der Waals surface area (Å²) in [6.07, 6.45) is 1.82. The summed E-state index contributed by atoms with van der Waals surface area (Å²) in [4.78, 5) is 14.4. The number of halogens is 1. The summed E-state index contributed by atoms with van der Waals surface area (Å²) in [5.74, 6) is -0.0583. The van der Waals surface area contributed by atoms with Gasteiger partial charge in [-0.3, -0.25) is 9.69 Å². The molecule has 1 fully saturated rings. The van der Waals surface area contributed by atoms with Gasteiger partial charge in [-0.25, -0.2) is 0 Å². The number of amides is 1. The van der Waals surface area contributed by atoms with Crippen molar-refractivity contribution >= 4 is 56.6 Å². The number of thiophene rings is 1. The second kappa shape index (κ2) is 4.65. The minimum absolute atomic E-state index is 0.0583. The van der Waals surface area contributed by atoms with Gasteiger partial charge in [0, 0.05) is 21.3 Å². The Morgan fingerprint density at radius 1 is 1.69 bits per heavy atom. The highest BCUT2D eigenvalue weighted by atomic mass is 79.9. The molecular weight excluding hydrogens is 308 g/mol. The van der Waals surface area contributed by atoms with Crippen molar-refractivity contribution in [1.29, 1.82) is 0 Å². The lowest BCUT2D eigenvalue weighted by Crippen LogP contribution is -2.30. The summed E-state index contributed by atoms with van der Waals surface area (Å²) < 4.78 is 1.02. The molecule has 1 saturated heterocycles. The predicted octanol–water partition coefficient (Wildman–Crippen LogP) is 2.59. The Bertz CT molecular complexity index is 481. The monoisotopic (exact) mass is 316 g/mol. The molecule has 2 rings (SSSR count). The molecule has 16 heavy (non-hydrogen) atoms. The molecule has 1 aliphatic heterocycles. The number of rotatable bonds is 2. The van der Waals surface area contributed by atoms with E-state index in [0.29, 0.717) is 17.4 Å². The lowest BCUT2D eigenvalue weighted by Gasteiger charge is -2.08. The van der Waals surface area contributed by atoms with Gasteiger partial charge in [-0.05, 0) is 47.2 Å². The molecule has 2 heterocycles. The van der Waals surface area contributed by atoms with Crippen LogP contribution in [0.15, 0.2) is 21.6 Å². The minimum Gasteiger partial charge on any atom is -0.328 e. The maximum atomic E-state index is 11.9. The van der Waals surface area contributed by atoms with E-state index in [-0.39, 0.29) is 5.91 Å². The van der Waals surface area contributed by atoms with Crippen LogP contribution in [-0.4, -0.2) is 22.5 Å². The third-order valence-electron chi connectivity index (χ3n) is 2.15. The first kappa shape index (κ1) is 11.8. The van der Waals surface area contributed by atoms with Crippen LogP contribution >= 0.6 is 39.5 Å². The molecule has 0 unspecified atom stereocenters. The molecule has 84 valence electrons. The number of hydrogen-bond acceptors (Lipinski definition) is 3. The van der Waals surface area contributed by atoms with Gasteiger partial charge in [0.15, 0.2) is 5.11 Å². The molecule has 6 heteroatoms. The number of nitrogens with one attached hydrogen (secondary N) is 1. The molecule has 1 amide bonds. The summed E-state index contributed by atoms with van der Waals surface area (Å²) in [5.41, 5.74) is 0.543. The number of likely N-dealkylation sites (N-methyl/N-ethyl adjacent to an activating group) is 1. The second-order valence-electron chi connectivity index (χ2n) is 3.20. The van der Waals surface area contributed by atoms with Crippen molar-refractivity contribution in [2.24, 2.45) is 0 Å². The van der Waals surface area contributed by atoms with Gasteiger partial charge in [0.1, 0.15) is 5.70 Å². The van der Waals surface area contributed by atoms with E-state index in [4.69, 9.17) is 12.2 Å². The Labute approximate surface area is 111 Å². The molecular formula is C10H9BrN2OS2. The first-order valence-corrected chi connectivity index (χ1v) is 6.78. The van der Waals surface area contributed by atoms with Gasteiger partial charge in [-0.2, -0.15) is 0 Å². The van der Waals surface area contributed by atoms with E-state index in [1.54, 1.807) is 16.2 Å². The highest BCUT2D eigenvalue weighted by Gasteiger charge is 2.28. The maximum absolute atomic E-state index is 11.9. The van der Waals surface area contributed by atoms with Gasteiger partial charge in [-0.15, -0.1) is 11.3 Å². The maximum Gasteiger partial charge on any atom is 0.276 e. The molecule has 0 aliphatic carbocycles. The van der Waals surface area contributed by atoms with E-state index in [2.05, 4.69) is 21.2 Å². The first-order chi connectivity index (χ1) is 7.61. The Morgan fingerprint density at radius 3 is 2.94 bits per heavy atom. The highest BCUT2D eigenvalue weighted by molar-refractivity contribution is 9.10. The van der Waals surface area contributed by atoms with Gasteiger partial charge >= 0.3 is 0 Å². The van der Waals surface area contributed by atoms with Crippen molar-refractivity contribution in [3.63, 3.8) is 0 Å². The standard InChI is InChI=1S/C10H9BrN2OS2/c1-2-13-9(14)8(12-10(13)15)4-7-3-6(11)5-16-7/h3-5H,2H2,1H3,(H,12,15)/b8-4+. The van der Waals surface area contributed by atoms with Crippen molar-refractivity contribution in [3.05, 3.63) is 26.5 Å². The lowest BCUT2D eigenvalue weighted by molar-refractivity contribution is -0.122. The van der Waals surface area contributed by atoms with E-state index >= 15 is 0 Å². The van der Waals surface area contributed by atoms with E-state index in [0.717, 1.165) is 9.35 Å². The van der Waals surface area contributed by atoms with Gasteiger partial charge in [0.05, 0.1) is 0 Å². The molecule has 0 radical (unpaired) electrons. The van der Waals surface area contributed by atoms with Crippen LogP contribution < -0.4 is 5.32 Å². The van der Waals surface area contributed by atoms with E-state index in [1.807, 2.05) is 24.4 Å². The van der Waals surface area contributed by atoms with Crippen molar-refractivity contribution in [2.75, 3.05) is 6.54 Å². The molecule has 0 bridgehead atoms. The zero-order chi connectivity index (χ0) is 11.7. The van der Waals surface area contributed by atoms with Crippen LogP contribution in [0, 0.1) is 0 Å². The van der Waals surface area contributed by atoms with Gasteiger partial charge in [-0.1, -0.05) is 0 Å². The Balaban J connectivity index is 2.27. The molecule has 1 aromatic rings. The van der Waals surface area contributed by atoms with Crippen LogP contribution in [0.25, 0.3) is 6.08 Å². The van der Waals surface area contributed by atoms with Crippen LogP contribution in [0.5, 0.6) is 0 Å². The molecule has 1 N–H and O–H groups in total. The molecule has 1 aromatic heterocycles. The van der Waals surface area contributed by atoms with Crippen LogP contribution in [0.3, 0.4) is 0 Å². The summed E-state index contributed by atoms with van der Waals surface area (Å²) in [7, 11) is 0. The van der Waals surface area contributed by atoms with Crippen LogP contribution in [0.4, 0.5) is 0 Å². The third-order valence-corrected chi connectivity index (χ3v) is 4.12. The zero-order valence-electron chi connectivity index (χ0n) is 8.49. The van der Waals surface area contributed by atoms with Crippen molar-refractivity contribution < 1.29 is 4.79 Å². The Morgan fingerprint density at radius 2 is 2.44 bits per heavy atom. The van der Waals surface area contributed by atoms with Gasteiger partial charge in [0.25, 0.3) is 5.91 Å². The fourth-order valence-corrected chi connectivity index (χ4v) is 3.10. The molecule has 0 atom stereocenters. The van der Waals surface area contributed by atoms with Crippen LogP contribution in [0.2, 0.25) is 0 Å². The van der Waals surface area contributed by atoms with E-state index < -0.39 is 0 Å². The molecule has 0 spiro atoms. The molecule has 0 saturated carbocycles. The number of carbonyl (C=O) groups is 1. The number of hydrogen-bond donors (Lipinski definition) is 1. The largest absolute Gasteiger partial charge is 0.328 e. The first-order valence-electron chi connectivity index (χ1n) is 4.70. The average molecular weight is 317 g/mol. The normalized spacial score (nSPS) is 18.4. The second-order valence-corrected chi connectivity index (χ2v) is 5.45. The van der Waals surface area contributed by atoms with Crippen LogP contribution in [-0.2, 0) is 4.79 Å². The van der Waals surface area contributed by atoms with Crippen molar-refractivity contribution in [2.45, 2.75) is 6.92 Å². The summed E-state index contributed by atoms with van der Waals surface area (Å²) in [6.45, 7) is 2.49. The third kappa shape index (κ3) is 2.18. The molecule has 1 aliphatic rings. The number of carbonyl (C=O) groups excluding carboxylic acids is 1. The summed E-state index contributed by atoms with van der Waals surface area (Å²) in [6, 6.07) is 1.96. The van der Waals surface area contributed by atoms with Crippen molar-refractivity contribution in [3.8, 4) is 0 Å². The number of nitrogens with zero attached hydrogens (tertiary/aromatic N) is 1. The summed E-state index contributed by atoms with van der Waals surface area (Å²) in [5, 5.41) is 5.38. The van der Waals surface area contributed by atoms with E-state index in [9.17, 15) is 4.79 Å². The Kier molecular flexibility index (Phi) is 3.41. The fraction of sp³-hybridized carbons (Fsp3) is 0.200.